The van der Waals surface area contributed by atoms with Crippen molar-refractivity contribution in [2.45, 2.75) is 53.1 Å². The van der Waals surface area contributed by atoms with E-state index >= 15 is 0 Å². The highest BCUT2D eigenvalue weighted by Crippen LogP contribution is 2.28. The quantitative estimate of drug-likeness (QED) is 0.782. The highest BCUT2D eigenvalue weighted by atomic mass is 16.5. The zero-order chi connectivity index (χ0) is 14.9. The number of hydrogen-bond acceptors (Lipinski definition) is 2. The maximum Gasteiger partial charge on any atom is 0.338 e. The molecular weight excluding hydrogens is 250 g/mol. The number of aryl methyl sites for hydroxylation is 1. The van der Waals surface area contributed by atoms with Crippen molar-refractivity contribution in [3.8, 4) is 0 Å². The third kappa shape index (κ3) is 2.72. The van der Waals surface area contributed by atoms with E-state index in [1.54, 1.807) is 0 Å². The number of fused-ring (bicyclic) bond motifs is 1. The molecule has 2 aromatic rings. The highest BCUT2D eigenvalue weighted by molar-refractivity contribution is 5.91. The van der Waals surface area contributed by atoms with Gasteiger partial charge in [-0.25, -0.2) is 4.79 Å². The summed E-state index contributed by atoms with van der Waals surface area (Å²) >= 11 is 0. The van der Waals surface area contributed by atoms with E-state index in [-0.39, 0.29) is 12.1 Å². The topological polar surface area (TPSA) is 30.7 Å². The van der Waals surface area contributed by atoms with E-state index in [4.69, 9.17) is 4.74 Å². The summed E-state index contributed by atoms with van der Waals surface area (Å²) in [4.78, 5) is 12.0. The summed E-state index contributed by atoms with van der Waals surface area (Å²) < 4.78 is 7.37. The van der Waals surface area contributed by atoms with Gasteiger partial charge in [0.15, 0.2) is 0 Å². The lowest BCUT2D eigenvalue weighted by atomic mass is 9.98. The first-order valence-corrected chi connectivity index (χ1v) is 7.28. The molecule has 2 aromatic heterocycles. The van der Waals surface area contributed by atoms with Crippen LogP contribution in [0.15, 0.2) is 24.5 Å². The first-order valence-electron chi connectivity index (χ1n) is 7.28. The maximum absolute atomic E-state index is 12.0. The van der Waals surface area contributed by atoms with Crippen molar-refractivity contribution >= 4 is 11.5 Å². The molecule has 0 N–H and O–H groups in total. The second kappa shape index (κ2) is 5.70. The van der Waals surface area contributed by atoms with Crippen LogP contribution in [0, 0.1) is 0 Å². The monoisotopic (exact) mass is 273 g/mol. The summed E-state index contributed by atoms with van der Waals surface area (Å²) in [6.45, 7) is 10.3. The van der Waals surface area contributed by atoms with Gasteiger partial charge in [0.05, 0.1) is 11.7 Å². The van der Waals surface area contributed by atoms with Gasteiger partial charge in [-0.3, -0.25) is 0 Å². The Morgan fingerprint density at radius 1 is 1.30 bits per heavy atom. The lowest BCUT2D eigenvalue weighted by Gasteiger charge is -2.10. The van der Waals surface area contributed by atoms with Crippen LogP contribution in [0.1, 0.15) is 62.0 Å². The fourth-order valence-electron chi connectivity index (χ4n) is 2.60. The Bertz CT molecular complexity index is 623. The van der Waals surface area contributed by atoms with Crippen LogP contribution < -0.4 is 0 Å². The molecule has 0 radical (unpaired) electrons. The molecule has 2 heterocycles. The maximum atomic E-state index is 12.0. The molecule has 2 rings (SSSR count). The molecular formula is C17H23NO2. The van der Waals surface area contributed by atoms with Crippen molar-refractivity contribution < 1.29 is 9.53 Å². The molecule has 0 aliphatic rings. The number of ether oxygens (including phenoxy) is 1. The molecule has 3 heteroatoms. The Morgan fingerprint density at radius 2 is 2.00 bits per heavy atom. The molecule has 0 bridgehead atoms. The van der Waals surface area contributed by atoms with E-state index in [0.717, 1.165) is 11.9 Å². The molecule has 0 saturated heterocycles. The Labute approximate surface area is 120 Å². The average molecular weight is 273 g/mol. The van der Waals surface area contributed by atoms with Crippen LogP contribution in [-0.4, -0.2) is 16.5 Å². The van der Waals surface area contributed by atoms with E-state index in [2.05, 4.69) is 31.4 Å². The SMILES string of the molecule is CCc1cn2ccc(C(=O)OC(C)C)cc2c1C(C)C. The minimum absolute atomic E-state index is 0.0960. The lowest BCUT2D eigenvalue weighted by Crippen LogP contribution is -2.11. The second-order valence-corrected chi connectivity index (χ2v) is 5.74. The largest absolute Gasteiger partial charge is 0.459 e. The van der Waals surface area contributed by atoms with Gasteiger partial charge in [-0.2, -0.15) is 0 Å². The van der Waals surface area contributed by atoms with Crippen molar-refractivity contribution in [1.29, 1.82) is 0 Å². The molecule has 0 spiro atoms. The molecule has 0 aliphatic carbocycles. The van der Waals surface area contributed by atoms with Crippen LogP contribution in [0.4, 0.5) is 0 Å². The zero-order valence-electron chi connectivity index (χ0n) is 12.9. The van der Waals surface area contributed by atoms with Gasteiger partial charge in [-0.05, 0) is 49.4 Å². The third-order valence-electron chi connectivity index (χ3n) is 3.44. The predicted molar refractivity (Wildman–Crippen MR) is 81.4 cm³/mol. The Kier molecular flexibility index (Phi) is 4.17. The minimum atomic E-state index is -0.253. The molecule has 0 aromatic carbocycles. The number of carbonyl (C=O) groups is 1. The minimum Gasteiger partial charge on any atom is -0.459 e. The van der Waals surface area contributed by atoms with Crippen LogP contribution in [0.2, 0.25) is 0 Å². The number of rotatable bonds is 4. The summed E-state index contributed by atoms with van der Waals surface area (Å²) in [7, 11) is 0. The molecule has 0 atom stereocenters. The average Bonchev–Trinajstić information content (AvgIpc) is 2.75. The first kappa shape index (κ1) is 14.6. The van der Waals surface area contributed by atoms with Crippen LogP contribution >= 0.6 is 0 Å². The third-order valence-corrected chi connectivity index (χ3v) is 3.44. The van der Waals surface area contributed by atoms with E-state index < -0.39 is 0 Å². The fourth-order valence-corrected chi connectivity index (χ4v) is 2.60. The summed E-state index contributed by atoms with van der Waals surface area (Å²) in [5, 5.41) is 0. The first-order chi connectivity index (χ1) is 9.43. The van der Waals surface area contributed by atoms with Crippen LogP contribution in [-0.2, 0) is 11.2 Å². The van der Waals surface area contributed by atoms with Gasteiger partial charge < -0.3 is 9.14 Å². The van der Waals surface area contributed by atoms with Gasteiger partial charge in [0.1, 0.15) is 0 Å². The lowest BCUT2D eigenvalue weighted by molar-refractivity contribution is 0.0378. The fraction of sp³-hybridized carbons (Fsp3) is 0.471. The van der Waals surface area contributed by atoms with Crippen molar-refractivity contribution in [3.05, 3.63) is 41.2 Å². The van der Waals surface area contributed by atoms with Crippen molar-refractivity contribution in [2.75, 3.05) is 0 Å². The Balaban J connectivity index is 2.52. The van der Waals surface area contributed by atoms with Gasteiger partial charge >= 0.3 is 5.97 Å². The normalized spacial score (nSPS) is 11.6. The van der Waals surface area contributed by atoms with Crippen LogP contribution in [0.25, 0.3) is 5.52 Å². The predicted octanol–water partition coefficient (Wildman–Crippen LogP) is 4.19. The molecule has 0 unspecified atom stereocenters. The Hall–Kier alpha value is -1.77. The number of carbonyl (C=O) groups excluding carboxylic acids is 1. The second-order valence-electron chi connectivity index (χ2n) is 5.74. The van der Waals surface area contributed by atoms with Gasteiger partial charge in [-0.15, -0.1) is 0 Å². The molecule has 3 nitrogen and oxygen atoms in total. The van der Waals surface area contributed by atoms with E-state index in [9.17, 15) is 4.79 Å². The van der Waals surface area contributed by atoms with E-state index in [0.29, 0.717) is 11.5 Å². The van der Waals surface area contributed by atoms with E-state index in [1.807, 2.05) is 32.2 Å². The van der Waals surface area contributed by atoms with Crippen molar-refractivity contribution in [2.24, 2.45) is 0 Å². The molecule has 20 heavy (non-hydrogen) atoms. The van der Waals surface area contributed by atoms with Crippen molar-refractivity contribution in [3.63, 3.8) is 0 Å². The van der Waals surface area contributed by atoms with Gasteiger partial charge in [0, 0.05) is 17.9 Å². The molecule has 108 valence electrons. The zero-order valence-corrected chi connectivity index (χ0v) is 12.9. The summed E-state index contributed by atoms with van der Waals surface area (Å²) in [6, 6.07) is 3.76. The van der Waals surface area contributed by atoms with Gasteiger partial charge in [0.2, 0.25) is 0 Å². The number of aromatic nitrogens is 1. The highest BCUT2D eigenvalue weighted by Gasteiger charge is 2.16. The van der Waals surface area contributed by atoms with E-state index in [1.165, 1.54) is 11.1 Å². The summed E-state index contributed by atoms with van der Waals surface area (Å²) in [5.74, 6) is 0.183. The van der Waals surface area contributed by atoms with Crippen LogP contribution in [0.3, 0.4) is 0 Å². The molecule has 0 amide bonds. The molecule has 0 aliphatic heterocycles. The number of hydrogen-bond donors (Lipinski definition) is 0. The molecule has 0 fully saturated rings. The number of nitrogens with zero attached hydrogens (tertiary/aromatic N) is 1. The smallest absolute Gasteiger partial charge is 0.338 e. The summed E-state index contributed by atoms with van der Waals surface area (Å²) in [6.07, 6.45) is 5.00. The standard InChI is InChI=1S/C17H23NO2/c1-6-13-10-18-8-7-14(17(19)20-12(4)5)9-15(18)16(13)11(2)3/h7-12H,6H2,1-5H3. The number of pyridine rings is 1. The van der Waals surface area contributed by atoms with Gasteiger partial charge in [-0.1, -0.05) is 20.8 Å². The number of esters is 1. The van der Waals surface area contributed by atoms with Crippen molar-refractivity contribution in [1.82, 2.24) is 4.40 Å². The van der Waals surface area contributed by atoms with Gasteiger partial charge in [0.25, 0.3) is 0 Å². The summed E-state index contributed by atoms with van der Waals surface area (Å²) in [5.41, 5.74) is 4.39. The molecule has 0 saturated carbocycles. The van der Waals surface area contributed by atoms with Crippen LogP contribution in [0.5, 0.6) is 0 Å². The Morgan fingerprint density at radius 3 is 2.55 bits per heavy atom.